The lowest BCUT2D eigenvalue weighted by molar-refractivity contribution is -1.00. The summed E-state index contributed by atoms with van der Waals surface area (Å²) in [6, 6.07) is 3.32. The van der Waals surface area contributed by atoms with Crippen molar-refractivity contribution in [2.24, 2.45) is 0 Å². The van der Waals surface area contributed by atoms with Crippen molar-refractivity contribution in [1.82, 2.24) is 4.98 Å². The Morgan fingerprint density at radius 2 is 2.05 bits per heavy atom. The predicted molar refractivity (Wildman–Crippen MR) is 77.6 cm³/mol. The van der Waals surface area contributed by atoms with Gasteiger partial charge in [-0.1, -0.05) is 10.8 Å². The summed E-state index contributed by atoms with van der Waals surface area (Å²) in [7, 11) is 5.71. The fraction of sp³-hybridized carbons (Fsp3) is 0.417. The fourth-order valence-electron chi connectivity index (χ4n) is 1.26. The second-order valence-corrected chi connectivity index (χ2v) is 6.92. The number of hydrogen-bond acceptors (Lipinski definition) is 6. The highest BCUT2D eigenvalue weighted by Crippen LogP contribution is 2.30. The number of carbonyl (C=O) groups excluding carboxylic acids is 1. The number of rotatable bonds is 7. The van der Waals surface area contributed by atoms with Gasteiger partial charge in [0.15, 0.2) is 0 Å². The normalized spacial score (nSPS) is 11.3. The third kappa shape index (κ3) is 5.91. The highest BCUT2D eigenvalue weighted by molar-refractivity contribution is 8.76. The maximum absolute atomic E-state index is 11.8. The first kappa shape index (κ1) is 17.0. The number of aliphatic carboxylic acids is 1. The van der Waals surface area contributed by atoms with Crippen LogP contribution in [0.5, 0.6) is 0 Å². The molecule has 0 aromatic carbocycles. The molecule has 0 aliphatic carbocycles. The summed E-state index contributed by atoms with van der Waals surface area (Å²) in [5.74, 6) is -0.496. The largest absolute Gasteiger partial charge is 0.481 e. The molecule has 0 saturated carbocycles. The molecule has 0 bridgehead atoms. The lowest BCUT2D eigenvalue weighted by Gasteiger charge is -2.16. The summed E-state index contributed by atoms with van der Waals surface area (Å²) >= 11 is 0. The zero-order valence-corrected chi connectivity index (χ0v) is 12.9. The van der Waals surface area contributed by atoms with E-state index in [1.54, 1.807) is 12.1 Å². The number of aromatic nitrogens is 1. The summed E-state index contributed by atoms with van der Waals surface area (Å²) in [6.45, 7) is 0. The van der Waals surface area contributed by atoms with Crippen LogP contribution in [0.2, 0.25) is 0 Å². The molecule has 0 radical (unpaired) electrons. The monoisotopic (exact) mass is 317 g/mol. The summed E-state index contributed by atoms with van der Waals surface area (Å²) in [5.41, 5.74) is 0.345. The Morgan fingerprint density at radius 1 is 1.35 bits per heavy atom. The number of carboxylic acid groups (broad SMARTS) is 1. The number of carboxylic acids is 1. The van der Waals surface area contributed by atoms with Crippen molar-refractivity contribution in [1.29, 1.82) is 0 Å². The van der Waals surface area contributed by atoms with Crippen LogP contribution in [0.1, 0.15) is 23.2 Å². The van der Waals surface area contributed by atoms with Gasteiger partial charge in [-0.15, -0.1) is 4.65 Å². The molecule has 20 heavy (non-hydrogen) atoms. The van der Waals surface area contributed by atoms with Crippen LogP contribution in [0.25, 0.3) is 0 Å². The van der Waals surface area contributed by atoms with Crippen molar-refractivity contribution in [2.45, 2.75) is 17.9 Å². The molecule has 8 heteroatoms. The lowest BCUT2D eigenvalue weighted by Crippen LogP contribution is -2.41. The van der Waals surface area contributed by atoms with E-state index in [0.29, 0.717) is 12.0 Å². The van der Waals surface area contributed by atoms with Gasteiger partial charge < -0.3 is 5.11 Å². The van der Waals surface area contributed by atoms with Crippen molar-refractivity contribution < 1.29 is 24.5 Å². The average molecular weight is 317 g/mol. The predicted octanol–water partition coefficient (Wildman–Crippen LogP) is 2.29. The number of hydroxylamine groups is 3. The maximum Gasteiger partial charge on any atom is 0.378 e. The van der Waals surface area contributed by atoms with Crippen LogP contribution >= 0.6 is 21.6 Å². The zero-order valence-electron chi connectivity index (χ0n) is 11.3. The summed E-state index contributed by atoms with van der Waals surface area (Å²) < 4.78 is -0.766. The average Bonchev–Trinajstić information content (AvgIpc) is 2.37. The quantitative estimate of drug-likeness (QED) is 0.262. The molecule has 6 nitrogen and oxygen atoms in total. The van der Waals surface area contributed by atoms with Gasteiger partial charge in [-0.2, -0.15) is 0 Å². The molecule has 1 heterocycles. The Balaban J connectivity index is 2.43. The standard InChI is InChI=1S/C12H16N2O4S2/c1-14(2,18)12(17)9-5-6-10(13-8-9)20-19-7-3-4-11(15)16/h5-6,8,18H,3-4,7H2,1-2H3/p+1. The van der Waals surface area contributed by atoms with Crippen molar-refractivity contribution >= 4 is 33.5 Å². The zero-order chi connectivity index (χ0) is 15.2. The second kappa shape index (κ2) is 7.63. The van der Waals surface area contributed by atoms with Crippen molar-refractivity contribution in [3.05, 3.63) is 23.9 Å². The van der Waals surface area contributed by atoms with E-state index >= 15 is 0 Å². The van der Waals surface area contributed by atoms with Crippen LogP contribution in [-0.4, -0.2) is 51.7 Å². The molecule has 1 amide bonds. The van der Waals surface area contributed by atoms with Crippen LogP contribution < -0.4 is 0 Å². The maximum atomic E-state index is 11.8. The Hall–Kier alpha value is -1.09. The SMILES string of the molecule is C[N+](C)(O)C(=O)c1ccc(SSCCCC(=O)O)nc1. The molecule has 0 atom stereocenters. The van der Waals surface area contributed by atoms with E-state index in [9.17, 15) is 14.8 Å². The molecule has 0 aliphatic heterocycles. The van der Waals surface area contributed by atoms with Crippen molar-refractivity contribution in [3.63, 3.8) is 0 Å². The molecule has 2 N–H and O–H groups in total. The van der Waals surface area contributed by atoms with Gasteiger partial charge in [0.1, 0.15) is 24.7 Å². The van der Waals surface area contributed by atoms with Crippen LogP contribution in [0, 0.1) is 0 Å². The van der Waals surface area contributed by atoms with E-state index in [-0.39, 0.29) is 6.42 Å². The van der Waals surface area contributed by atoms with E-state index in [2.05, 4.69) is 4.98 Å². The molecule has 0 aliphatic rings. The lowest BCUT2D eigenvalue weighted by atomic mass is 10.2. The van der Waals surface area contributed by atoms with Gasteiger partial charge in [-0.05, 0) is 29.3 Å². The molecular formula is C12H17N2O4S2+. The van der Waals surface area contributed by atoms with Gasteiger partial charge in [0, 0.05) is 18.4 Å². The van der Waals surface area contributed by atoms with Crippen LogP contribution in [0.15, 0.2) is 23.4 Å². The molecule has 0 saturated heterocycles. The minimum absolute atomic E-state index is 0.165. The first-order valence-corrected chi connectivity index (χ1v) is 8.21. The number of amides is 1. The van der Waals surface area contributed by atoms with Gasteiger partial charge in [0.2, 0.25) is 0 Å². The van der Waals surface area contributed by atoms with Gasteiger partial charge in [-0.25, -0.2) is 15.0 Å². The first-order valence-electron chi connectivity index (χ1n) is 5.89. The first-order chi connectivity index (χ1) is 9.30. The summed E-state index contributed by atoms with van der Waals surface area (Å²) in [5, 5.41) is 18.8. The van der Waals surface area contributed by atoms with E-state index in [0.717, 1.165) is 10.8 Å². The van der Waals surface area contributed by atoms with Gasteiger partial charge in [0.25, 0.3) is 0 Å². The van der Waals surface area contributed by atoms with Gasteiger partial charge in [-0.3, -0.25) is 4.79 Å². The molecular weight excluding hydrogens is 300 g/mol. The topological polar surface area (TPSA) is 87.5 Å². The molecule has 0 unspecified atom stereocenters. The molecule has 0 fully saturated rings. The smallest absolute Gasteiger partial charge is 0.378 e. The van der Waals surface area contributed by atoms with Crippen molar-refractivity contribution in [2.75, 3.05) is 19.8 Å². The molecule has 1 aromatic rings. The third-order valence-corrected chi connectivity index (χ3v) is 4.59. The summed E-state index contributed by atoms with van der Waals surface area (Å²) in [4.78, 5) is 26.2. The number of hydrogen-bond donors (Lipinski definition) is 2. The fourth-order valence-corrected chi connectivity index (χ4v) is 3.20. The molecule has 110 valence electrons. The van der Waals surface area contributed by atoms with E-state index in [4.69, 9.17) is 5.11 Å². The number of pyridine rings is 1. The van der Waals surface area contributed by atoms with E-state index in [1.807, 2.05) is 0 Å². The van der Waals surface area contributed by atoms with Crippen LogP contribution in [0.4, 0.5) is 0 Å². The highest BCUT2D eigenvalue weighted by atomic mass is 33.1. The Morgan fingerprint density at radius 3 is 2.55 bits per heavy atom. The Bertz CT molecular complexity index is 471. The Kier molecular flexibility index (Phi) is 6.47. The van der Waals surface area contributed by atoms with Crippen LogP contribution in [-0.2, 0) is 4.79 Å². The minimum Gasteiger partial charge on any atom is -0.481 e. The minimum atomic E-state index is -0.790. The Labute approximate surface area is 125 Å². The third-order valence-electron chi connectivity index (χ3n) is 2.24. The van der Waals surface area contributed by atoms with E-state index in [1.165, 1.54) is 41.9 Å². The number of nitrogens with zero attached hydrogens (tertiary/aromatic N) is 2. The van der Waals surface area contributed by atoms with Gasteiger partial charge in [0.05, 0.1) is 0 Å². The summed E-state index contributed by atoms with van der Waals surface area (Å²) in [6.07, 6.45) is 2.20. The number of quaternary nitrogens is 1. The molecule has 1 rings (SSSR count). The highest BCUT2D eigenvalue weighted by Gasteiger charge is 2.26. The second-order valence-electron chi connectivity index (χ2n) is 4.49. The molecule has 0 spiro atoms. The van der Waals surface area contributed by atoms with Gasteiger partial charge >= 0.3 is 11.9 Å². The number of carbonyl (C=O) groups is 2. The van der Waals surface area contributed by atoms with E-state index < -0.39 is 16.5 Å². The molecule has 1 aromatic heterocycles. The van der Waals surface area contributed by atoms with Crippen LogP contribution in [0.3, 0.4) is 0 Å². The van der Waals surface area contributed by atoms with Crippen molar-refractivity contribution in [3.8, 4) is 0 Å².